The lowest BCUT2D eigenvalue weighted by molar-refractivity contribution is -0.751. The van der Waals surface area contributed by atoms with Gasteiger partial charge in [0.2, 0.25) is 5.69 Å². The van der Waals surface area contributed by atoms with Gasteiger partial charge in [0.1, 0.15) is 11.3 Å². The molecule has 0 aromatic carbocycles. The maximum Gasteiger partial charge on any atom is 0.257 e. The topological polar surface area (TPSA) is 84.2 Å². The molecule has 4 aromatic heterocycles. The van der Waals surface area contributed by atoms with Crippen molar-refractivity contribution in [3.63, 3.8) is 0 Å². The molecule has 204 valence electrons. The van der Waals surface area contributed by atoms with E-state index in [9.17, 15) is 4.79 Å². The third kappa shape index (κ3) is 5.87. The maximum atomic E-state index is 13.2. The lowest BCUT2D eigenvalue weighted by atomic mass is 9.94. The molecule has 0 saturated carbocycles. The Bertz CT molecular complexity index is 1610. The molecule has 1 aliphatic rings. The highest BCUT2D eigenvalue weighted by Crippen LogP contribution is 2.27. The van der Waals surface area contributed by atoms with E-state index in [2.05, 4.69) is 66.7 Å². The van der Waals surface area contributed by atoms with Crippen LogP contribution in [0.2, 0.25) is 0 Å². The zero-order valence-corrected chi connectivity index (χ0v) is 23.3. The number of allylic oxidation sites excluding steroid dienone is 4. The number of nitrogens with zero attached hydrogens (tertiary/aromatic N) is 7. The number of rotatable bonds is 8. The summed E-state index contributed by atoms with van der Waals surface area (Å²) in [5, 5.41) is 7.34. The Kier molecular flexibility index (Phi) is 8.18. The van der Waals surface area contributed by atoms with Crippen molar-refractivity contribution < 1.29 is 9.48 Å². The van der Waals surface area contributed by atoms with E-state index in [1.54, 1.807) is 29.2 Å². The van der Waals surface area contributed by atoms with Crippen LogP contribution in [-0.4, -0.2) is 48.2 Å². The summed E-state index contributed by atoms with van der Waals surface area (Å²) in [6, 6.07) is 10.1. The van der Waals surface area contributed by atoms with E-state index >= 15 is 0 Å². The highest BCUT2D eigenvalue weighted by atomic mass is 16.1. The van der Waals surface area contributed by atoms with Gasteiger partial charge in [-0.1, -0.05) is 12.0 Å². The van der Waals surface area contributed by atoms with Crippen molar-refractivity contribution in [2.75, 3.05) is 13.1 Å². The van der Waals surface area contributed by atoms with E-state index in [-0.39, 0.29) is 5.91 Å². The van der Waals surface area contributed by atoms with E-state index in [4.69, 9.17) is 6.42 Å². The van der Waals surface area contributed by atoms with Crippen LogP contribution in [0.25, 0.3) is 11.3 Å². The van der Waals surface area contributed by atoms with Gasteiger partial charge in [-0.2, -0.15) is 5.10 Å². The highest BCUT2D eigenvalue weighted by Gasteiger charge is 2.32. The van der Waals surface area contributed by atoms with Crippen LogP contribution in [0.1, 0.15) is 60.0 Å². The third-order valence-electron chi connectivity index (χ3n) is 7.39. The van der Waals surface area contributed by atoms with Crippen LogP contribution in [0.5, 0.6) is 0 Å². The SMILES string of the molecule is C#CC(C)=CC=C(C)n1c(CNC(=O)c2cnn3cccnc23)cc(C2CCCN(Cc3ccccn3)C2)[n+]1C. The molecule has 1 unspecified atom stereocenters. The summed E-state index contributed by atoms with van der Waals surface area (Å²) < 4.78 is 5.96. The molecule has 1 saturated heterocycles. The Labute approximate surface area is 234 Å². The first-order valence-corrected chi connectivity index (χ1v) is 13.6. The summed E-state index contributed by atoms with van der Waals surface area (Å²) in [5.41, 5.74) is 6.14. The first-order valence-electron chi connectivity index (χ1n) is 13.6. The minimum absolute atomic E-state index is 0.213. The van der Waals surface area contributed by atoms with Crippen LogP contribution in [-0.2, 0) is 20.1 Å². The van der Waals surface area contributed by atoms with Crippen molar-refractivity contribution >= 4 is 17.3 Å². The van der Waals surface area contributed by atoms with Crippen LogP contribution in [0.3, 0.4) is 0 Å². The largest absolute Gasteiger partial charge is 0.346 e. The Morgan fingerprint density at radius 2 is 2.08 bits per heavy atom. The maximum absolute atomic E-state index is 13.2. The Hall–Kier alpha value is -4.55. The summed E-state index contributed by atoms with van der Waals surface area (Å²) in [5.74, 6) is 2.82. The number of likely N-dealkylation sites (tertiary alicyclic amines) is 1. The second-order valence-electron chi connectivity index (χ2n) is 10.2. The minimum Gasteiger partial charge on any atom is -0.346 e. The number of pyridine rings is 1. The lowest BCUT2D eigenvalue weighted by Crippen LogP contribution is -2.46. The molecule has 0 aliphatic carbocycles. The van der Waals surface area contributed by atoms with Gasteiger partial charge in [0.15, 0.2) is 12.7 Å². The lowest BCUT2D eigenvalue weighted by Gasteiger charge is -2.30. The zero-order valence-electron chi connectivity index (χ0n) is 23.3. The number of hydrogen-bond acceptors (Lipinski definition) is 5. The van der Waals surface area contributed by atoms with Crippen LogP contribution < -0.4 is 10.00 Å². The van der Waals surface area contributed by atoms with Crippen molar-refractivity contribution in [3.05, 3.63) is 95.5 Å². The molecule has 9 nitrogen and oxygen atoms in total. The molecule has 0 radical (unpaired) electrons. The smallest absolute Gasteiger partial charge is 0.257 e. The van der Waals surface area contributed by atoms with Gasteiger partial charge in [-0.15, -0.1) is 15.8 Å². The molecule has 0 spiro atoms. The normalized spacial score (nSPS) is 16.7. The highest BCUT2D eigenvalue weighted by molar-refractivity contribution is 5.99. The van der Waals surface area contributed by atoms with Crippen LogP contribution >= 0.6 is 0 Å². The van der Waals surface area contributed by atoms with Gasteiger partial charge in [0.05, 0.1) is 30.1 Å². The third-order valence-corrected chi connectivity index (χ3v) is 7.39. The first-order chi connectivity index (χ1) is 19.4. The molecular formula is C31H35N8O+. The Morgan fingerprint density at radius 3 is 2.88 bits per heavy atom. The van der Waals surface area contributed by atoms with E-state index in [0.29, 0.717) is 23.7 Å². The number of amides is 1. The van der Waals surface area contributed by atoms with Gasteiger partial charge >= 0.3 is 0 Å². The molecule has 4 aromatic rings. The number of carbonyl (C=O) groups excluding carboxylic acids is 1. The van der Waals surface area contributed by atoms with Crippen LogP contribution in [0.4, 0.5) is 0 Å². The summed E-state index contributed by atoms with van der Waals surface area (Å²) in [6.07, 6.45) is 18.6. The molecule has 1 atom stereocenters. The van der Waals surface area contributed by atoms with Gasteiger partial charge in [-0.05, 0) is 69.2 Å². The average molecular weight is 536 g/mol. The zero-order chi connectivity index (χ0) is 28.1. The molecule has 9 heteroatoms. The van der Waals surface area contributed by atoms with Crippen LogP contribution in [0, 0.1) is 12.3 Å². The summed E-state index contributed by atoms with van der Waals surface area (Å²) >= 11 is 0. The average Bonchev–Trinajstić information content (AvgIpc) is 3.56. The fourth-order valence-corrected chi connectivity index (χ4v) is 5.38. The van der Waals surface area contributed by atoms with Crippen molar-refractivity contribution in [3.8, 4) is 12.3 Å². The number of nitrogens with one attached hydrogen (secondary N) is 1. The molecule has 1 aliphatic heterocycles. The fraction of sp³-hybridized carbons (Fsp3) is 0.323. The second-order valence-corrected chi connectivity index (χ2v) is 10.2. The molecule has 0 bridgehead atoms. The fourth-order valence-electron chi connectivity index (χ4n) is 5.38. The number of fused-ring (bicyclic) bond motifs is 1. The van der Waals surface area contributed by atoms with Crippen molar-refractivity contribution in [2.24, 2.45) is 7.05 Å². The molecule has 5 heterocycles. The minimum atomic E-state index is -0.213. The van der Waals surface area contributed by atoms with Crippen LogP contribution in [0.15, 0.2) is 72.8 Å². The van der Waals surface area contributed by atoms with E-state index < -0.39 is 0 Å². The number of aromatic nitrogens is 6. The van der Waals surface area contributed by atoms with Gasteiger partial charge in [-0.25, -0.2) is 9.50 Å². The predicted molar refractivity (Wildman–Crippen MR) is 154 cm³/mol. The summed E-state index contributed by atoms with van der Waals surface area (Å²) in [7, 11) is 2.09. The van der Waals surface area contributed by atoms with E-state index in [1.165, 1.54) is 5.69 Å². The summed E-state index contributed by atoms with van der Waals surface area (Å²) in [4.78, 5) is 24.5. The van der Waals surface area contributed by atoms with Gasteiger partial charge in [-0.3, -0.25) is 14.7 Å². The van der Waals surface area contributed by atoms with Gasteiger partial charge in [0, 0.05) is 37.7 Å². The molecule has 5 rings (SSSR count). The standard InChI is InChI=1S/C31H34N8O/c1-5-23(2)12-13-24(3)39-27(19-34-31(40)28-20-35-38-17-9-15-33-30(28)38)18-29(36(39)4)25-10-8-16-37(21-25)22-26-11-6-7-14-32-26/h1,6-7,9,11-15,17-18,20,25H,8,10,16,19,21-22H2,2-4H3/p+1. The summed E-state index contributed by atoms with van der Waals surface area (Å²) in [6.45, 7) is 7.17. The van der Waals surface area contributed by atoms with Gasteiger partial charge < -0.3 is 5.32 Å². The molecular weight excluding hydrogens is 500 g/mol. The molecule has 1 N–H and O–H groups in total. The molecule has 1 amide bonds. The number of hydrogen-bond donors (Lipinski definition) is 1. The number of terminal acetylenes is 1. The molecule has 1 fully saturated rings. The quantitative estimate of drug-likeness (QED) is 0.212. The van der Waals surface area contributed by atoms with Crippen molar-refractivity contribution in [2.45, 2.75) is 45.7 Å². The van der Waals surface area contributed by atoms with E-state index in [0.717, 1.165) is 55.1 Å². The van der Waals surface area contributed by atoms with Crippen molar-refractivity contribution in [1.29, 1.82) is 0 Å². The monoisotopic (exact) mass is 535 g/mol. The number of piperidine rings is 1. The second kappa shape index (κ2) is 12.1. The predicted octanol–water partition coefficient (Wildman–Crippen LogP) is 3.50. The van der Waals surface area contributed by atoms with E-state index in [1.807, 2.05) is 37.4 Å². The Balaban J connectivity index is 1.41. The van der Waals surface area contributed by atoms with Crippen molar-refractivity contribution in [1.82, 2.24) is 34.5 Å². The molecule has 40 heavy (non-hydrogen) atoms. The van der Waals surface area contributed by atoms with Gasteiger partial charge in [0.25, 0.3) is 5.91 Å². The number of carbonyl (C=O) groups is 1. The first kappa shape index (κ1) is 27.0. The Morgan fingerprint density at radius 1 is 1.23 bits per heavy atom.